The van der Waals surface area contributed by atoms with Crippen molar-refractivity contribution in [3.8, 4) is 0 Å². The van der Waals surface area contributed by atoms with Crippen LogP contribution in [-0.4, -0.2) is 18.6 Å². The Morgan fingerprint density at radius 2 is 2.00 bits per heavy atom. The number of hydrogen-bond donors (Lipinski definition) is 1. The molecule has 0 heterocycles. The number of nitrogens with two attached hydrogens (primary N) is 1. The Kier molecular flexibility index (Phi) is 2.96. The molecule has 0 saturated heterocycles. The van der Waals surface area contributed by atoms with Crippen LogP contribution in [0.2, 0.25) is 0 Å². The van der Waals surface area contributed by atoms with E-state index in [4.69, 9.17) is 10.5 Å². The zero-order valence-electron chi connectivity index (χ0n) is 10.7. The van der Waals surface area contributed by atoms with Gasteiger partial charge in [-0.15, -0.1) is 0 Å². The van der Waals surface area contributed by atoms with Crippen molar-refractivity contribution < 1.29 is 9.53 Å². The number of rotatable bonds is 3. The zero-order chi connectivity index (χ0) is 12.6. The number of carbonyl (C=O) groups is 1. The molecule has 3 heteroatoms. The van der Waals surface area contributed by atoms with E-state index in [0.717, 1.165) is 30.4 Å². The van der Waals surface area contributed by atoms with E-state index in [-0.39, 0.29) is 11.5 Å². The molecule has 0 bridgehead atoms. The lowest BCUT2D eigenvalue weighted by Crippen LogP contribution is -2.25. The van der Waals surface area contributed by atoms with Crippen molar-refractivity contribution in [1.29, 1.82) is 0 Å². The molecule has 17 heavy (non-hydrogen) atoms. The Bertz CT molecular complexity index is 462. The van der Waals surface area contributed by atoms with Gasteiger partial charge in [0.1, 0.15) is 0 Å². The van der Waals surface area contributed by atoms with Gasteiger partial charge in [0, 0.05) is 5.54 Å². The third kappa shape index (κ3) is 2.50. The molecule has 0 aliphatic heterocycles. The minimum atomic E-state index is -0.273. The average Bonchev–Trinajstić information content (AvgIpc) is 2.99. The van der Waals surface area contributed by atoms with E-state index in [1.54, 1.807) is 0 Å². The molecule has 0 atom stereocenters. The summed E-state index contributed by atoms with van der Waals surface area (Å²) in [4.78, 5) is 11.6. The molecular formula is C14H19NO2. The summed E-state index contributed by atoms with van der Waals surface area (Å²) in [5, 5.41) is 0. The van der Waals surface area contributed by atoms with Crippen LogP contribution in [0, 0.1) is 13.8 Å². The van der Waals surface area contributed by atoms with Crippen LogP contribution in [0.5, 0.6) is 0 Å². The summed E-state index contributed by atoms with van der Waals surface area (Å²) < 4.78 is 4.79. The first-order valence-electron chi connectivity index (χ1n) is 5.92. The number of esters is 1. The van der Waals surface area contributed by atoms with Gasteiger partial charge >= 0.3 is 5.97 Å². The second-order valence-electron chi connectivity index (χ2n) is 5.12. The van der Waals surface area contributed by atoms with Gasteiger partial charge in [-0.1, -0.05) is 6.07 Å². The maximum Gasteiger partial charge on any atom is 0.338 e. The SMILES string of the molecule is COC(=O)c1cc(CC2(N)CC2)c(C)cc1C. The second-order valence-corrected chi connectivity index (χ2v) is 5.12. The van der Waals surface area contributed by atoms with Crippen molar-refractivity contribution in [3.63, 3.8) is 0 Å². The van der Waals surface area contributed by atoms with E-state index in [2.05, 4.69) is 6.92 Å². The predicted octanol–water partition coefficient (Wildman–Crippen LogP) is 2.12. The third-order valence-corrected chi connectivity index (χ3v) is 3.52. The van der Waals surface area contributed by atoms with E-state index >= 15 is 0 Å². The standard InChI is InChI=1S/C14H19NO2/c1-9-6-10(2)12(13(16)17-3)7-11(9)8-14(15)4-5-14/h6-7H,4-5,8,15H2,1-3H3. The second kappa shape index (κ2) is 4.15. The van der Waals surface area contributed by atoms with E-state index in [9.17, 15) is 4.79 Å². The number of hydrogen-bond acceptors (Lipinski definition) is 3. The molecule has 1 aliphatic carbocycles. The van der Waals surface area contributed by atoms with Crippen LogP contribution < -0.4 is 5.73 Å². The molecule has 2 rings (SSSR count). The van der Waals surface area contributed by atoms with Gasteiger partial charge in [0.05, 0.1) is 12.7 Å². The van der Waals surface area contributed by atoms with Gasteiger partial charge in [0.2, 0.25) is 0 Å². The van der Waals surface area contributed by atoms with Crippen LogP contribution in [0.25, 0.3) is 0 Å². The lowest BCUT2D eigenvalue weighted by Gasteiger charge is -2.14. The molecule has 3 nitrogen and oxygen atoms in total. The molecule has 0 aromatic heterocycles. The van der Waals surface area contributed by atoms with Gasteiger partial charge in [-0.05, 0) is 55.9 Å². The molecular weight excluding hydrogens is 214 g/mol. The quantitative estimate of drug-likeness (QED) is 0.814. The van der Waals surface area contributed by atoms with Gasteiger partial charge in [-0.3, -0.25) is 0 Å². The highest BCUT2D eigenvalue weighted by molar-refractivity contribution is 5.91. The summed E-state index contributed by atoms with van der Waals surface area (Å²) in [7, 11) is 1.41. The summed E-state index contributed by atoms with van der Waals surface area (Å²) in [6.07, 6.45) is 3.00. The predicted molar refractivity (Wildman–Crippen MR) is 67.1 cm³/mol. The molecule has 0 spiro atoms. The van der Waals surface area contributed by atoms with Crippen molar-refractivity contribution in [3.05, 3.63) is 34.4 Å². The molecule has 1 aromatic rings. The Morgan fingerprint density at radius 3 is 2.53 bits per heavy atom. The largest absolute Gasteiger partial charge is 0.465 e. The first-order valence-corrected chi connectivity index (χ1v) is 5.92. The van der Waals surface area contributed by atoms with E-state index < -0.39 is 0 Å². The molecule has 92 valence electrons. The summed E-state index contributed by atoms with van der Waals surface area (Å²) in [6, 6.07) is 3.97. The third-order valence-electron chi connectivity index (χ3n) is 3.52. The van der Waals surface area contributed by atoms with Crippen LogP contribution >= 0.6 is 0 Å². The maximum absolute atomic E-state index is 11.6. The molecule has 0 unspecified atom stereocenters. The normalized spacial score (nSPS) is 16.7. The summed E-state index contributed by atoms with van der Waals surface area (Å²) >= 11 is 0. The molecule has 1 aliphatic rings. The lowest BCUT2D eigenvalue weighted by molar-refractivity contribution is 0.0599. The van der Waals surface area contributed by atoms with Gasteiger partial charge in [-0.2, -0.15) is 0 Å². The molecule has 2 N–H and O–H groups in total. The smallest absolute Gasteiger partial charge is 0.338 e. The minimum Gasteiger partial charge on any atom is -0.465 e. The summed E-state index contributed by atoms with van der Waals surface area (Å²) in [6.45, 7) is 3.99. The molecule has 1 saturated carbocycles. The van der Waals surface area contributed by atoms with Gasteiger partial charge in [0.15, 0.2) is 0 Å². The Labute approximate surface area is 102 Å². The fourth-order valence-electron chi connectivity index (χ4n) is 2.13. The van der Waals surface area contributed by atoms with Gasteiger partial charge < -0.3 is 10.5 Å². The topological polar surface area (TPSA) is 52.3 Å². The lowest BCUT2D eigenvalue weighted by atomic mass is 9.95. The fraction of sp³-hybridized carbons (Fsp3) is 0.500. The maximum atomic E-state index is 11.6. The first-order chi connectivity index (χ1) is 7.95. The van der Waals surface area contributed by atoms with Crippen molar-refractivity contribution >= 4 is 5.97 Å². The highest BCUT2D eigenvalue weighted by Crippen LogP contribution is 2.36. The fourth-order valence-corrected chi connectivity index (χ4v) is 2.13. The van der Waals surface area contributed by atoms with Crippen LogP contribution in [0.1, 0.15) is 39.9 Å². The number of methoxy groups -OCH3 is 1. The highest BCUT2D eigenvalue weighted by Gasteiger charge is 2.38. The van der Waals surface area contributed by atoms with Crippen molar-refractivity contribution in [2.24, 2.45) is 5.73 Å². The molecule has 0 radical (unpaired) electrons. The number of benzene rings is 1. The Morgan fingerprint density at radius 1 is 1.35 bits per heavy atom. The van der Waals surface area contributed by atoms with Crippen LogP contribution in [-0.2, 0) is 11.2 Å². The summed E-state index contributed by atoms with van der Waals surface area (Å²) in [5.74, 6) is -0.273. The molecule has 1 fully saturated rings. The van der Waals surface area contributed by atoms with E-state index in [1.807, 2.05) is 19.1 Å². The van der Waals surface area contributed by atoms with Crippen molar-refractivity contribution in [2.45, 2.75) is 38.6 Å². The highest BCUT2D eigenvalue weighted by atomic mass is 16.5. The van der Waals surface area contributed by atoms with Gasteiger partial charge in [0.25, 0.3) is 0 Å². The van der Waals surface area contributed by atoms with Crippen LogP contribution in [0.3, 0.4) is 0 Å². The number of aryl methyl sites for hydroxylation is 2. The number of ether oxygens (including phenoxy) is 1. The van der Waals surface area contributed by atoms with Gasteiger partial charge in [-0.25, -0.2) is 4.79 Å². The Balaban J connectivity index is 2.35. The first kappa shape index (κ1) is 12.1. The zero-order valence-corrected chi connectivity index (χ0v) is 10.7. The Hall–Kier alpha value is -1.35. The molecule has 1 aromatic carbocycles. The van der Waals surface area contributed by atoms with E-state index in [1.165, 1.54) is 12.7 Å². The van der Waals surface area contributed by atoms with Crippen molar-refractivity contribution in [2.75, 3.05) is 7.11 Å². The van der Waals surface area contributed by atoms with Crippen LogP contribution in [0.15, 0.2) is 12.1 Å². The monoisotopic (exact) mass is 233 g/mol. The summed E-state index contributed by atoms with van der Waals surface area (Å²) in [5.41, 5.74) is 10.1. The van der Waals surface area contributed by atoms with Crippen LogP contribution in [0.4, 0.5) is 0 Å². The van der Waals surface area contributed by atoms with E-state index in [0.29, 0.717) is 5.56 Å². The molecule has 0 amide bonds. The van der Waals surface area contributed by atoms with Crippen molar-refractivity contribution in [1.82, 2.24) is 0 Å². The number of carbonyl (C=O) groups excluding carboxylic acids is 1. The average molecular weight is 233 g/mol. The minimum absolute atomic E-state index is 0.0343.